The van der Waals surface area contributed by atoms with Crippen LogP contribution in [0.3, 0.4) is 0 Å². The minimum atomic E-state index is -0.744. The Hall–Kier alpha value is -2.38. The van der Waals surface area contributed by atoms with Gasteiger partial charge < -0.3 is 10.2 Å². The molecule has 22 heavy (non-hydrogen) atoms. The largest absolute Gasteiger partial charge is 0.334 e. The maximum atomic E-state index is 12.3. The van der Waals surface area contributed by atoms with E-state index in [0.717, 1.165) is 23.6 Å². The van der Waals surface area contributed by atoms with Crippen molar-refractivity contribution in [3.05, 3.63) is 18.0 Å². The Bertz CT molecular complexity index is 611. The normalized spacial score (nSPS) is 21.8. The predicted molar refractivity (Wildman–Crippen MR) is 76.8 cm³/mol. The summed E-state index contributed by atoms with van der Waals surface area (Å²) in [6, 6.07) is 1.41. The van der Waals surface area contributed by atoms with Gasteiger partial charge in [-0.15, -0.1) is 0 Å². The SMILES string of the molecule is CCN1CCN(C(=O)NC2CCn3nccc3C2)C(=O)C1=O. The summed E-state index contributed by atoms with van der Waals surface area (Å²) in [5.41, 5.74) is 1.06. The van der Waals surface area contributed by atoms with Crippen LogP contribution in [0.2, 0.25) is 0 Å². The van der Waals surface area contributed by atoms with Crippen molar-refractivity contribution < 1.29 is 14.4 Å². The second-order valence-electron chi connectivity index (χ2n) is 5.53. The number of nitrogens with one attached hydrogen (secondary N) is 1. The van der Waals surface area contributed by atoms with E-state index in [2.05, 4.69) is 10.4 Å². The maximum Gasteiger partial charge on any atom is 0.324 e. The van der Waals surface area contributed by atoms with Crippen LogP contribution in [0.1, 0.15) is 19.0 Å². The van der Waals surface area contributed by atoms with Crippen LogP contribution in [0.5, 0.6) is 0 Å². The topological polar surface area (TPSA) is 87.5 Å². The summed E-state index contributed by atoms with van der Waals surface area (Å²) in [5, 5.41) is 7.05. The highest BCUT2D eigenvalue weighted by atomic mass is 16.2. The number of imide groups is 1. The Labute approximate surface area is 128 Å². The lowest BCUT2D eigenvalue weighted by molar-refractivity contribution is -0.153. The molecule has 1 aromatic heterocycles. The molecule has 1 aromatic rings. The Morgan fingerprint density at radius 2 is 2.14 bits per heavy atom. The van der Waals surface area contributed by atoms with E-state index in [1.807, 2.05) is 17.7 Å². The van der Waals surface area contributed by atoms with Gasteiger partial charge in [-0.1, -0.05) is 0 Å². The van der Waals surface area contributed by atoms with Crippen LogP contribution in [0, 0.1) is 0 Å². The first-order chi connectivity index (χ1) is 10.6. The third-order valence-corrected chi connectivity index (χ3v) is 4.21. The fraction of sp³-hybridized carbons (Fsp3) is 0.571. The first-order valence-corrected chi connectivity index (χ1v) is 7.52. The molecule has 0 aliphatic carbocycles. The lowest BCUT2D eigenvalue weighted by Gasteiger charge is -2.33. The number of aromatic nitrogens is 2. The molecule has 2 aliphatic heterocycles. The molecule has 0 spiro atoms. The highest BCUT2D eigenvalue weighted by Gasteiger charge is 2.36. The highest BCUT2D eigenvalue weighted by molar-refractivity contribution is 6.38. The van der Waals surface area contributed by atoms with Gasteiger partial charge >= 0.3 is 17.8 Å². The number of urea groups is 1. The second kappa shape index (κ2) is 5.78. The molecule has 1 fully saturated rings. The molecule has 3 heterocycles. The van der Waals surface area contributed by atoms with Gasteiger partial charge in [-0.2, -0.15) is 5.10 Å². The minimum Gasteiger partial charge on any atom is -0.334 e. The van der Waals surface area contributed by atoms with Crippen LogP contribution >= 0.6 is 0 Å². The quantitative estimate of drug-likeness (QED) is 0.753. The molecule has 2 aliphatic rings. The number of amides is 4. The zero-order valence-corrected chi connectivity index (χ0v) is 12.5. The van der Waals surface area contributed by atoms with Crippen LogP contribution in [0.4, 0.5) is 4.79 Å². The molecule has 0 radical (unpaired) electrons. The van der Waals surface area contributed by atoms with Gasteiger partial charge in [0.1, 0.15) is 0 Å². The van der Waals surface area contributed by atoms with Crippen molar-refractivity contribution in [3.63, 3.8) is 0 Å². The highest BCUT2D eigenvalue weighted by Crippen LogP contribution is 2.14. The van der Waals surface area contributed by atoms with Crippen molar-refractivity contribution in [1.82, 2.24) is 24.9 Å². The van der Waals surface area contributed by atoms with Gasteiger partial charge in [-0.05, 0) is 19.4 Å². The molecule has 0 aromatic carbocycles. The van der Waals surface area contributed by atoms with Crippen LogP contribution in [0.15, 0.2) is 12.3 Å². The van der Waals surface area contributed by atoms with Crippen molar-refractivity contribution in [2.45, 2.75) is 32.4 Å². The van der Waals surface area contributed by atoms with Crippen LogP contribution in [-0.4, -0.2) is 63.1 Å². The maximum absolute atomic E-state index is 12.3. The summed E-state index contributed by atoms with van der Waals surface area (Å²) in [6.07, 6.45) is 3.19. The molecular formula is C14H19N5O3. The molecule has 1 atom stereocenters. The summed E-state index contributed by atoms with van der Waals surface area (Å²) in [4.78, 5) is 38.6. The van der Waals surface area contributed by atoms with Gasteiger partial charge in [0.15, 0.2) is 0 Å². The summed E-state index contributed by atoms with van der Waals surface area (Å²) < 4.78 is 1.91. The van der Waals surface area contributed by atoms with Gasteiger partial charge in [0.2, 0.25) is 0 Å². The molecule has 1 saturated heterocycles. The van der Waals surface area contributed by atoms with Crippen molar-refractivity contribution in [2.24, 2.45) is 0 Å². The molecule has 118 valence electrons. The first-order valence-electron chi connectivity index (χ1n) is 7.52. The number of aryl methyl sites for hydroxylation is 1. The van der Waals surface area contributed by atoms with Crippen LogP contribution in [-0.2, 0) is 22.6 Å². The molecule has 8 heteroatoms. The number of hydrogen-bond acceptors (Lipinski definition) is 4. The van der Waals surface area contributed by atoms with Gasteiger partial charge in [0.05, 0.1) is 0 Å². The van der Waals surface area contributed by atoms with E-state index in [1.165, 1.54) is 4.90 Å². The van der Waals surface area contributed by atoms with E-state index in [-0.39, 0.29) is 12.6 Å². The van der Waals surface area contributed by atoms with E-state index in [9.17, 15) is 14.4 Å². The van der Waals surface area contributed by atoms with Crippen molar-refractivity contribution in [2.75, 3.05) is 19.6 Å². The lowest BCUT2D eigenvalue weighted by atomic mass is 10.0. The number of rotatable bonds is 2. The zero-order valence-electron chi connectivity index (χ0n) is 12.5. The second-order valence-corrected chi connectivity index (χ2v) is 5.53. The molecular weight excluding hydrogens is 286 g/mol. The average Bonchev–Trinajstić information content (AvgIpc) is 2.97. The Morgan fingerprint density at radius 3 is 2.91 bits per heavy atom. The number of piperazine rings is 1. The number of carbonyl (C=O) groups is 3. The standard InChI is InChI=1S/C14H19N5O3/c1-2-17-7-8-18(13(21)12(17)20)14(22)16-10-4-6-19-11(9-10)3-5-15-19/h3,5,10H,2,4,6-9H2,1H3,(H,16,22). The number of carbonyl (C=O) groups excluding carboxylic acids is 3. The van der Waals surface area contributed by atoms with E-state index in [1.54, 1.807) is 6.20 Å². The van der Waals surface area contributed by atoms with E-state index in [4.69, 9.17) is 0 Å². The van der Waals surface area contributed by atoms with Gasteiger partial charge in [0.25, 0.3) is 0 Å². The monoisotopic (exact) mass is 305 g/mol. The van der Waals surface area contributed by atoms with Crippen LogP contribution < -0.4 is 5.32 Å². The first kappa shape index (κ1) is 14.6. The predicted octanol–water partition coefficient (Wildman–Crippen LogP) is -0.402. The Kier molecular flexibility index (Phi) is 3.82. The number of likely N-dealkylation sites (N-methyl/N-ethyl adjacent to an activating group) is 1. The fourth-order valence-electron chi connectivity index (χ4n) is 2.91. The van der Waals surface area contributed by atoms with E-state index >= 15 is 0 Å². The van der Waals surface area contributed by atoms with Crippen LogP contribution in [0.25, 0.3) is 0 Å². The molecule has 0 bridgehead atoms. The number of hydrogen-bond donors (Lipinski definition) is 1. The average molecular weight is 305 g/mol. The van der Waals surface area contributed by atoms with Crippen molar-refractivity contribution in [3.8, 4) is 0 Å². The lowest BCUT2D eigenvalue weighted by Crippen LogP contribution is -2.59. The summed E-state index contributed by atoms with van der Waals surface area (Å²) in [7, 11) is 0. The molecule has 1 N–H and O–H groups in total. The minimum absolute atomic E-state index is 0.0381. The van der Waals surface area contributed by atoms with Gasteiger partial charge in [-0.3, -0.25) is 19.2 Å². The van der Waals surface area contributed by atoms with Gasteiger partial charge in [-0.25, -0.2) is 4.79 Å². The Morgan fingerprint density at radius 1 is 1.32 bits per heavy atom. The summed E-state index contributed by atoms with van der Waals surface area (Å²) in [6.45, 7) is 3.67. The molecule has 1 unspecified atom stereocenters. The Balaban J connectivity index is 1.61. The third-order valence-electron chi connectivity index (χ3n) is 4.21. The van der Waals surface area contributed by atoms with Crippen molar-refractivity contribution in [1.29, 1.82) is 0 Å². The zero-order chi connectivity index (χ0) is 15.7. The summed E-state index contributed by atoms with van der Waals surface area (Å²) in [5.74, 6) is -1.35. The van der Waals surface area contributed by atoms with Gasteiger partial charge in [0, 0.05) is 50.5 Å². The fourth-order valence-corrected chi connectivity index (χ4v) is 2.91. The summed E-state index contributed by atoms with van der Waals surface area (Å²) >= 11 is 0. The molecule has 3 rings (SSSR count). The van der Waals surface area contributed by atoms with E-state index < -0.39 is 17.8 Å². The molecule has 0 saturated carbocycles. The smallest absolute Gasteiger partial charge is 0.324 e. The number of fused-ring (bicyclic) bond motifs is 1. The van der Waals surface area contributed by atoms with Crippen molar-refractivity contribution >= 4 is 17.8 Å². The molecule has 8 nitrogen and oxygen atoms in total. The third kappa shape index (κ3) is 2.56. The van der Waals surface area contributed by atoms with E-state index in [0.29, 0.717) is 19.5 Å². The molecule has 4 amide bonds. The number of nitrogens with zero attached hydrogens (tertiary/aromatic N) is 4.